The van der Waals surface area contributed by atoms with E-state index in [2.05, 4.69) is 15.3 Å². The number of hydrogen-bond acceptors (Lipinski definition) is 2. The summed E-state index contributed by atoms with van der Waals surface area (Å²) >= 11 is 0. The van der Waals surface area contributed by atoms with Crippen molar-refractivity contribution in [3.8, 4) is 0 Å². The third-order valence-corrected chi connectivity index (χ3v) is 2.84. The maximum Gasteiger partial charge on any atom is 0.189 e. The third kappa shape index (κ3) is 4.89. The summed E-state index contributed by atoms with van der Waals surface area (Å²) < 4.78 is 0. The SMILES string of the molecule is I.NC(=NCc1ccccn1)NC1CCCC1. The lowest BCUT2D eigenvalue weighted by Crippen LogP contribution is -2.38. The Morgan fingerprint density at radius 3 is 2.82 bits per heavy atom. The van der Waals surface area contributed by atoms with Crippen molar-refractivity contribution in [1.82, 2.24) is 10.3 Å². The summed E-state index contributed by atoms with van der Waals surface area (Å²) in [7, 11) is 0. The van der Waals surface area contributed by atoms with Gasteiger partial charge < -0.3 is 11.1 Å². The quantitative estimate of drug-likeness (QED) is 0.500. The zero-order chi connectivity index (χ0) is 11.2. The molecule has 0 aliphatic heterocycles. The van der Waals surface area contributed by atoms with Crippen LogP contribution in [0.4, 0.5) is 0 Å². The highest BCUT2D eigenvalue weighted by Crippen LogP contribution is 2.17. The van der Waals surface area contributed by atoms with Crippen LogP contribution < -0.4 is 11.1 Å². The number of nitrogens with one attached hydrogen (secondary N) is 1. The molecule has 0 bridgehead atoms. The number of halogens is 1. The molecule has 1 aliphatic carbocycles. The van der Waals surface area contributed by atoms with E-state index in [1.165, 1.54) is 25.7 Å². The lowest BCUT2D eigenvalue weighted by molar-refractivity contribution is 0.625. The average molecular weight is 346 g/mol. The molecule has 0 saturated heterocycles. The van der Waals surface area contributed by atoms with Gasteiger partial charge in [0.05, 0.1) is 12.2 Å². The van der Waals surface area contributed by atoms with Crippen molar-refractivity contribution in [2.24, 2.45) is 10.7 Å². The summed E-state index contributed by atoms with van der Waals surface area (Å²) in [5, 5.41) is 3.25. The van der Waals surface area contributed by atoms with Crippen LogP contribution in [0.3, 0.4) is 0 Å². The predicted molar refractivity (Wildman–Crippen MR) is 80.4 cm³/mol. The third-order valence-electron chi connectivity index (χ3n) is 2.84. The molecule has 4 nitrogen and oxygen atoms in total. The van der Waals surface area contributed by atoms with Crippen LogP contribution in [-0.2, 0) is 6.54 Å². The molecule has 1 aromatic rings. The fourth-order valence-electron chi connectivity index (χ4n) is 1.98. The maximum absolute atomic E-state index is 5.81. The lowest BCUT2D eigenvalue weighted by atomic mass is 10.2. The van der Waals surface area contributed by atoms with Gasteiger partial charge in [0, 0.05) is 12.2 Å². The van der Waals surface area contributed by atoms with Gasteiger partial charge in [0.15, 0.2) is 5.96 Å². The van der Waals surface area contributed by atoms with Gasteiger partial charge in [-0.2, -0.15) is 0 Å². The monoisotopic (exact) mass is 346 g/mol. The Balaban J connectivity index is 0.00000144. The van der Waals surface area contributed by atoms with Gasteiger partial charge in [-0.1, -0.05) is 18.9 Å². The number of hydrogen-bond donors (Lipinski definition) is 2. The molecule has 0 spiro atoms. The van der Waals surface area contributed by atoms with Crippen LogP contribution in [0.5, 0.6) is 0 Å². The first-order valence-corrected chi connectivity index (χ1v) is 5.81. The minimum absolute atomic E-state index is 0. The highest BCUT2D eigenvalue weighted by Gasteiger charge is 2.14. The molecule has 0 radical (unpaired) electrons. The van der Waals surface area contributed by atoms with Gasteiger partial charge in [-0.25, -0.2) is 4.99 Å². The molecule has 1 aromatic heterocycles. The van der Waals surface area contributed by atoms with Gasteiger partial charge in [0.25, 0.3) is 0 Å². The summed E-state index contributed by atoms with van der Waals surface area (Å²) in [4.78, 5) is 8.47. The minimum Gasteiger partial charge on any atom is -0.370 e. The van der Waals surface area contributed by atoms with Crippen molar-refractivity contribution < 1.29 is 0 Å². The first-order chi connectivity index (χ1) is 7.84. The molecule has 2 rings (SSSR count). The summed E-state index contributed by atoms with van der Waals surface area (Å²) in [6, 6.07) is 6.32. The van der Waals surface area contributed by atoms with Crippen molar-refractivity contribution >= 4 is 29.9 Å². The van der Waals surface area contributed by atoms with E-state index in [1.807, 2.05) is 18.2 Å². The second-order valence-electron chi connectivity index (χ2n) is 4.15. The van der Waals surface area contributed by atoms with Crippen LogP contribution in [0.1, 0.15) is 31.4 Å². The van der Waals surface area contributed by atoms with Gasteiger partial charge in [0.1, 0.15) is 0 Å². The Hall–Kier alpha value is -0.850. The van der Waals surface area contributed by atoms with Gasteiger partial charge in [-0.05, 0) is 25.0 Å². The number of aliphatic imine (C=N–C) groups is 1. The molecule has 0 unspecified atom stereocenters. The number of aromatic nitrogens is 1. The van der Waals surface area contributed by atoms with E-state index >= 15 is 0 Å². The number of rotatable bonds is 3. The molecule has 0 aromatic carbocycles. The number of guanidine groups is 1. The molecule has 1 heterocycles. The molecule has 1 aliphatic rings. The Bertz CT molecular complexity index is 347. The Kier molecular flexibility index (Phi) is 6.25. The molecule has 1 fully saturated rings. The van der Waals surface area contributed by atoms with E-state index in [0.717, 1.165) is 5.69 Å². The number of nitrogens with two attached hydrogens (primary N) is 1. The standard InChI is InChI=1S/C12H18N4.HI/c13-12(16-10-5-1-2-6-10)15-9-11-7-3-4-8-14-11;/h3-4,7-8,10H,1-2,5-6,9H2,(H3,13,15,16);1H. The maximum atomic E-state index is 5.81. The zero-order valence-electron chi connectivity index (χ0n) is 9.80. The molecule has 3 N–H and O–H groups in total. The molecule has 5 heteroatoms. The van der Waals surface area contributed by atoms with E-state index in [4.69, 9.17) is 5.73 Å². The van der Waals surface area contributed by atoms with E-state index < -0.39 is 0 Å². The van der Waals surface area contributed by atoms with Gasteiger partial charge in [-0.3, -0.25) is 4.98 Å². The zero-order valence-corrected chi connectivity index (χ0v) is 12.1. The molecular weight excluding hydrogens is 327 g/mol. The van der Waals surface area contributed by atoms with E-state index in [-0.39, 0.29) is 24.0 Å². The summed E-state index contributed by atoms with van der Waals surface area (Å²) in [5.41, 5.74) is 6.76. The normalized spacial score (nSPS) is 16.6. The first kappa shape index (κ1) is 14.2. The molecule has 1 saturated carbocycles. The summed E-state index contributed by atoms with van der Waals surface area (Å²) in [6.45, 7) is 0.548. The van der Waals surface area contributed by atoms with E-state index in [0.29, 0.717) is 18.5 Å². The van der Waals surface area contributed by atoms with Crippen LogP contribution in [0.25, 0.3) is 0 Å². The summed E-state index contributed by atoms with van der Waals surface area (Å²) in [6.07, 6.45) is 6.78. The number of pyridine rings is 1. The topological polar surface area (TPSA) is 63.3 Å². The minimum atomic E-state index is 0. The van der Waals surface area contributed by atoms with Crippen molar-refractivity contribution in [3.63, 3.8) is 0 Å². The lowest BCUT2D eigenvalue weighted by Gasteiger charge is -2.11. The van der Waals surface area contributed by atoms with Crippen molar-refractivity contribution in [2.45, 2.75) is 38.3 Å². The first-order valence-electron chi connectivity index (χ1n) is 5.81. The van der Waals surface area contributed by atoms with Crippen LogP contribution in [0, 0.1) is 0 Å². The second kappa shape index (κ2) is 7.47. The smallest absolute Gasteiger partial charge is 0.189 e. The van der Waals surface area contributed by atoms with E-state index in [1.54, 1.807) is 6.20 Å². The highest BCUT2D eigenvalue weighted by molar-refractivity contribution is 14.0. The predicted octanol–water partition coefficient (Wildman–Crippen LogP) is 2.05. The van der Waals surface area contributed by atoms with E-state index in [9.17, 15) is 0 Å². The average Bonchev–Trinajstić information content (AvgIpc) is 2.81. The van der Waals surface area contributed by atoms with Gasteiger partial charge >= 0.3 is 0 Å². The van der Waals surface area contributed by atoms with Crippen LogP contribution in [-0.4, -0.2) is 17.0 Å². The van der Waals surface area contributed by atoms with Crippen LogP contribution >= 0.6 is 24.0 Å². The van der Waals surface area contributed by atoms with Gasteiger partial charge in [0.2, 0.25) is 0 Å². The molecular formula is C12H19IN4. The molecule has 0 atom stereocenters. The van der Waals surface area contributed by atoms with Crippen LogP contribution in [0.15, 0.2) is 29.4 Å². The molecule has 94 valence electrons. The van der Waals surface area contributed by atoms with Crippen molar-refractivity contribution in [2.75, 3.05) is 0 Å². The van der Waals surface area contributed by atoms with Crippen LogP contribution in [0.2, 0.25) is 0 Å². The molecule has 0 amide bonds. The number of nitrogens with zero attached hydrogens (tertiary/aromatic N) is 2. The highest BCUT2D eigenvalue weighted by atomic mass is 127. The Morgan fingerprint density at radius 1 is 1.41 bits per heavy atom. The molecule has 17 heavy (non-hydrogen) atoms. The van der Waals surface area contributed by atoms with Gasteiger partial charge in [-0.15, -0.1) is 24.0 Å². The Labute approximate surface area is 119 Å². The Morgan fingerprint density at radius 2 is 2.18 bits per heavy atom. The summed E-state index contributed by atoms with van der Waals surface area (Å²) in [5.74, 6) is 0.539. The van der Waals surface area contributed by atoms with Crippen molar-refractivity contribution in [3.05, 3.63) is 30.1 Å². The van der Waals surface area contributed by atoms with Crippen molar-refractivity contribution in [1.29, 1.82) is 0 Å². The fourth-order valence-corrected chi connectivity index (χ4v) is 1.98. The fraction of sp³-hybridized carbons (Fsp3) is 0.500. The largest absolute Gasteiger partial charge is 0.370 e. The second-order valence-corrected chi connectivity index (χ2v) is 4.15.